The van der Waals surface area contributed by atoms with Crippen molar-refractivity contribution >= 4 is 11.9 Å². The molecule has 4 nitrogen and oxygen atoms in total. The number of carbonyl (C=O) groups excluding carboxylic acids is 1. The van der Waals surface area contributed by atoms with E-state index in [4.69, 9.17) is 5.11 Å². The van der Waals surface area contributed by atoms with Crippen LogP contribution in [0, 0.1) is 5.92 Å². The first kappa shape index (κ1) is 18.9. The molecule has 1 saturated heterocycles. The Morgan fingerprint density at radius 1 is 0.963 bits per heavy atom. The number of halogens is 3. The molecule has 0 aliphatic carbocycles. The van der Waals surface area contributed by atoms with Crippen molar-refractivity contribution < 1.29 is 27.9 Å². The van der Waals surface area contributed by atoms with E-state index >= 15 is 0 Å². The molecule has 0 spiro atoms. The van der Waals surface area contributed by atoms with Gasteiger partial charge < -0.3 is 10.0 Å². The van der Waals surface area contributed by atoms with Crippen LogP contribution in [0.4, 0.5) is 13.2 Å². The summed E-state index contributed by atoms with van der Waals surface area (Å²) in [4.78, 5) is 25.5. The van der Waals surface area contributed by atoms with Gasteiger partial charge in [-0.15, -0.1) is 0 Å². The van der Waals surface area contributed by atoms with Gasteiger partial charge in [0.25, 0.3) is 5.91 Å². The summed E-state index contributed by atoms with van der Waals surface area (Å²) < 4.78 is 38.3. The minimum absolute atomic E-state index is 0.241. The first-order valence-corrected chi connectivity index (χ1v) is 8.56. The van der Waals surface area contributed by atoms with Crippen molar-refractivity contribution in [3.8, 4) is 11.1 Å². The van der Waals surface area contributed by atoms with Gasteiger partial charge in [0.2, 0.25) is 0 Å². The molecule has 2 aromatic carbocycles. The van der Waals surface area contributed by atoms with Crippen LogP contribution < -0.4 is 0 Å². The summed E-state index contributed by atoms with van der Waals surface area (Å²) in [6.07, 6.45) is -3.63. The molecule has 1 fully saturated rings. The van der Waals surface area contributed by atoms with Crippen LogP contribution in [0.3, 0.4) is 0 Å². The zero-order valence-electron chi connectivity index (χ0n) is 14.4. The Balaban J connectivity index is 1.84. The Bertz CT molecular complexity index is 838. The SMILES string of the molecule is O=C(O)C1CCN(C(=O)c2ccccc2-c2ccc(C(F)(F)F)cc2)CC1. The minimum Gasteiger partial charge on any atom is -0.481 e. The van der Waals surface area contributed by atoms with Crippen LogP contribution in [0.1, 0.15) is 28.8 Å². The Labute approximate surface area is 154 Å². The highest BCUT2D eigenvalue weighted by Crippen LogP contribution is 2.32. The lowest BCUT2D eigenvalue weighted by Gasteiger charge is -2.30. The number of likely N-dealkylation sites (tertiary alicyclic amines) is 1. The van der Waals surface area contributed by atoms with Gasteiger partial charge in [0.1, 0.15) is 0 Å². The first-order chi connectivity index (χ1) is 12.8. The van der Waals surface area contributed by atoms with Crippen LogP contribution in [-0.4, -0.2) is 35.0 Å². The van der Waals surface area contributed by atoms with Crippen molar-refractivity contribution in [3.63, 3.8) is 0 Å². The molecule has 27 heavy (non-hydrogen) atoms. The highest BCUT2D eigenvalue weighted by Gasteiger charge is 2.31. The molecule has 0 unspecified atom stereocenters. The standard InChI is InChI=1S/C20H18F3NO3/c21-20(22,23)15-7-5-13(6-8-15)16-3-1-2-4-17(16)18(25)24-11-9-14(10-12-24)19(26)27/h1-8,14H,9-12H2,(H,26,27). The second-order valence-corrected chi connectivity index (χ2v) is 6.53. The van der Waals surface area contributed by atoms with Crippen LogP contribution >= 0.6 is 0 Å². The fourth-order valence-electron chi connectivity index (χ4n) is 3.26. The minimum atomic E-state index is -4.41. The third-order valence-corrected chi connectivity index (χ3v) is 4.81. The number of piperidine rings is 1. The molecular formula is C20H18F3NO3. The average Bonchev–Trinajstić information content (AvgIpc) is 2.67. The fraction of sp³-hybridized carbons (Fsp3) is 0.300. The lowest BCUT2D eigenvalue weighted by Crippen LogP contribution is -2.40. The highest BCUT2D eigenvalue weighted by atomic mass is 19.4. The highest BCUT2D eigenvalue weighted by molar-refractivity contribution is 6.01. The second-order valence-electron chi connectivity index (χ2n) is 6.53. The zero-order valence-corrected chi connectivity index (χ0v) is 14.4. The molecule has 1 N–H and O–H groups in total. The molecule has 1 aliphatic rings. The molecule has 0 radical (unpaired) electrons. The van der Waals surface area contributed by atoms with Crippen LogP contribution in [0.25, 0.3) is 11.1 Å². The maximum Gasteiger partial charge on any atom is 0.416 e. The van der Waals surface area contributed by atoms with Crippen molar-refractivity contribution in [1.29, 1.82) is 0 Å². The predicted molar refractivity (Wildman–Crippen MR) is 93.1 cm³/mol. The number of carbonyl (C=O) groups is 2. The van der Waals surface area contributed by atoms with Gasteiger partial charge in [-0.1, -0.05) is 30.3 Å². The Hall–Kier alpha value is -2.83. The number of carboxylic acid groups (broad SMARTS) is 1. The van der Waals surface area contributed by atoms with E-state index in [0.29, 0.717) is 42.6 Å². The number of alkyl halides is 3. The van der Waals surface area contributed by atoms with Gasteiger partial charge in [-0.25, -0.2) is 0 Å². The van der Waals surface area contributed by atoms with Crippen molar-refractivity contribution in [2.75, 3.05) is 13.1 Å². The molecule has 3 rings (SSSR count). The summed E-state index contributed by atoms with van der Waals surface area (Å²) in [5, 5.41) is 9.07. The number of benzene rings is 2. The zero-order chi connectivity index (χ0) is 19.6. The molecule has 7 heteroatoms. The van der Waals surface area contributed by atoms with E-state index in [2.05, 4.69) is 0 Å². The van der Waals surface area contributed by atoms with E-state index in [1.807, 2.05) is 0 Å². The molecule has 1 aliphatic heterocycles. The molecular weight excluding hydrogens is 359 g/mol. The van der Waals surface area contributed by atoms with Crippen LogP contribution in [-0.2, 0) is 11.0 Å². The van der Waals surface area contributed by atoms with Gasteiger partial charge >= 0.3 is 12.1 Å². The van der Waals surface area contributed by atoms with Gasteiger partial charge in [0.15, 0.2) is 0 Å². The summed E-state index contributed by atoms with van der Waals surface area (Å²) in [6, 6.07) is 11.4. The lowest BCUT2D eigenvalue weighted by atomic mass is 9.94. The van der Waals surface area contributed by atoms with E-state index in [0.717, 1.165) is 12.1 Å². The van der Waals surface area contributed by atoms with E-state index in [1.165, 1.54) is 12.1 Å². The molecule has 0 saturated carbocycles. The maximum atomic E-state index is 12.9. The third kappa shape index (κ3) is 4.13. The summed E-state index contributed by atoms with van der Waals surface area (Å²) in [5.74, 6) is -1.54. The molecule has 1 amide bonds. The largest absolute Gasteiger partial charge is 0.481 e. The quantitative estimate of drug-likeness (QED) is 0.867. The molecule has 0 atom stereocenters. The molecule has 142 valence electrons. The third-order valence-electron chi connectivity index (χ3n) is 4.81. The van der Waals surface area contributed by atoms with Crippen molar-refractivity contribution in [1.82, 2.24) is 4.90 Å². The molecule has 2 aromatic rings. The van der Waals surface area contributed by atoms with Crippen molar-refractivity contribution in [2.24, 2.45) is 5.92 Å². The van der Waals surface area contributed by atoms with Crippen LogP contribution in [0.15, 0.2) is 48.5 Å². The molecule has 0 bridgehead atoms. The number of hydrogen-bond acceptors (Lipinski definition) is 2. The van der Waals surface area contributed by atoms with E-state index in [-0.39, 0.29) is 5.91 Å². The number of rotatable bonds is 3. The Kier molecular flexibility index (Phi) is 5.21. The van der Waals surface area contributed by atoms with Crippen molar-refractivity contribution in [2.45, 2.75) is 19.0 Å². The normalized spacial score (nSPS) is 15.6. The van der Waals surface area contributed by atoms with Gasteiger partial charge in [-0.05, 0) is 42.2 Å². The number of nitrogens with zero attached hydrogens (tertiary/aromatic N) is 1. The van der Waals surface area contributed by atoms with Crippen LogP contribution in [0.2, 0.25) is 0 Å². The van der Waals surface area contributed by atoms with Crippen molar-refractivity contribution in [3.05, 3.63) is 59.7 Å². The topological polar surface area (TPSA) is 57.6 Å². The number of hydrogen-bond donors (Lipinski definition) is 1. The fourth-order valence-corrected chi connectivity index (χ4v) is 3.26. The second kappa shape index (κ2) is 7.42. The maximum absolute atomic E-state index is 12.9. The Morgan fingerprint density at radius 2 is 1.56 bits per heavy atom. The monoisotopic (exact) mass is 377 g/mol. The first-order valence-electron chi connectivity index (χ1n) is 8.56. The smallest absolute Gasteiger partial charge is 0.416 e. The van der Waals surface area contributed by atoms with E-state index in [9.17, 15) is 22.8 Å². The van der Waals surface area contributed by atoms with Gasteiger partial charge in [0.05, 0.1) is 11.5 Å². The van der Waals surface area contributed by atoms with E-state index in [1.54, 1.807) is 29.2 Å². The Morgan fingerprint density at radius 3 is 2.11 bits per heavy atom. The van der Waals surface area contributed by atoms with E-state index < -0.39 is 23.6 Å². The lowest BCUT2D eigenvalue weighted by molar-refractivity contribution is -0.143. The van der Waals surface area contributed by atoms with Gasteiger partial charge in [-0.2, -0.15) is 13.2 Å². The summed E-state index contributed by atoms with van der Waals surface area (Å²) in [5.41, 5.74) is 0.723. The molecule has 1 heterocycles. The molecule has 0 aromatic heterocycles. The predicted octanol–water partition coefficient (Wildman–Crippen LogP) is 4.31. The number of amides is 1. The number of aliphatic carboxylic acids is 1. The van der Waals surface area contributed by atoms with Gasteiger partial charge in [-0.3, -0.25) is 9.59 Å². The van der Waals surface area contributed by atoms with Gasteiger partial charge in [0, 0.05) is 18.7 Å². The summed E-state index contributed by atoms with van der Waals surface area (Å²) in [6.45, 7) is 0.689. The summed E-state index contributed by atoms with van der Waals surface area (Å²) >= 11 is 0. The average molecular weight is 377 g/mol. The number of carboxylic acids is 1. The summed E-state index contributed by atoms with van der Waals surface area (Å²) in [7, 11) is 0. The van der Waals surface area contributed by atoms with Crippen LogP contribution in [0.5, 0.6) is 0 Å².